The van der Waals surface area contributed by atoms with Crippen LogP contribution in [0.15, 0.2) is 16.6 Å². The molecule has 1 rings (SSSR count). The van der Waals surface area contributed by atoms with Crippen molar-refractivity contribution in [1.29, 1.82) is 0 Å². The van der Waals surface area contributed by atoms with E-state index in [0.29, 0.717) is 28.8 Å². The fourth-order valence-corrected chi connectivity index (χ4v) is 1.92. The van der Waals surface area contributed by atoms with Crippen molar-refractivity contribution in [3.05, 3.63) is 28.0 Å². The number of hydrogen-bond donors (Lipinski definition) is 1. The molecule has 0 aliphatic carbocycles. The number of carbonyl (C=O) groups excluding carboxylic acids is 1. The Labute approximate surface area is 109 Å². The van der Waals surface area contributed by atoms with Gasteiger partial charge in [-0.25, -0.2) is 9.18 Å². The highest BCUT2D eigenvalue weighted by atomic mass is 79.9. The lowest BCUT2D eigenvalue weighted by molar-refractivity contribution is 0.217. The molecule has 5 heteroatoms. The summed E-state index contributed by atoms with van der Waals surface area (Å²) in [6.45, 7) is 6.69. The zero-order valence-corrected chi connectivity index (χ0v) is 11.8. The number of hydrogen-bond acceptors (Lipinski definition) is 1. The number of nitrogens with zero attached hydrogens (tertiary/aromatic N) is 1. The lowest BCUT2D eigenvalue weighted by atomic mass is 10.2. The van der Waals surface area contributed by atoms with Crippen LogP contribution in [0.2, 0.25) is 0 Å². The van der Waals surface area contributed by atoms with E-state index in [9.17, 15) is 9.18 Å². The number of rotatable bonds is 3. The van der Waals surface area contributed by atoms with Crippen molar-refractivity contribution in [2.75, 3.05) is 18.4 Å². The maximum Gasteiger partial charge on any atom is 0.321 e. The second kappa shape index (κ2) is 6.00. The van der Waals surface area contributed by atoms with Crippen LogP contribution in [-0.2, 0) is 0 Å². The first-order valence-electron chi connectivity index (χ1n) is 5.51. The molecule has 2 amide bonds. The van der Waals surface area contributed by atoms with E-state index in [4.69, 9.17) is 0 Å². The predicted octanol–water partition coefficient (Wildman–Crippen LogP) is 3.77. The molecule has 0 heterocycles. The predicted molar refractivity (Wildman–Crippen MR) is 70.8 cm³/mol. The third-order valence-corrected chi connectivity index (χ3v) is 3.24. The van der Waals surface area contributed by atoms with Crippen LogP contribution in [0.1, 0.15) is 19.4 Å². The minimum atomic E-state index is -0.345. The van der Waals surface area contributed by atoms with E-state index in [2.05, 4.69) is 21.2 Å². The normalized spacial score (nSPS) is 10.2. The van der Waals surface area contributed by atoms with Crippen molar-refractivity contribution < 1.29 is 9.18 Å². The van der Waals surface area contributed by atoms with Gasteiger partial charge in [-0.05, 0) is 48.8 Å². The lowest BCUT2D eigenvalue weighted by Crippen LogP contribution is -2.34. The highest BCUT2D eigenvalue weighted by Crippen LogP contribution is 2.25. The van der Waals surface area contributed by atoms with Crippen molar-refractivity contribution in [3.8, 4) is 0 Å². The molecule has 0 unspecified atom stereocenters. The number of nitrogens with one attached hydrogen (secondary N) is 1. The van der Waals surface area contributed by atoms with Gasteiger partial charge < -0.3 is 10.2 Å². The van der Waals surface area contributed by atoms with Crippen molar-refractivity contribution in [2.45, 2.75) is 20.8 Å². The van der Waals surface area contributed by atoms with Crippen LogP contribution in [0.5, 0.6) is 0 Å². The van der Waals surface area contributed by atoms with Crippen molar-refractivity contribution in [2.24, 2.45) is 0 Å². The smallest absolute Gasteiger partial charge is 0.321 e. The highest BCUT2D eigenvalue weighted by Gasteiger charge is 2.13. The summed E-state index contributed by atoms with van der Waals surface area (Å²) in [5.74, 6) is -0.345. The van der Waals surface area contributed by atoms with Gasteiger partial charge in [-0.15, -0.1) is 0 Å². The van der Waals surface area contributed by atoms with Gasteiger partial charge in [0.1, 0.15) is 5.82 Å². The van der Waals surface area contributed by atoms with E-state index >= 15 is 0 Å². The Hall–Kier alpha value is -1.10. The summed E-state index contributed by atoms with van der Waals surface area (Å²) in [7, 11) is 0. The SMILES string of the molecule is CCN(CC)C(=O)Nc1ccc(Br)c(F)c1C. The maximum atomic E-state index is 13.6. The molecule has 0 saturated carbocycles. The fraction of sp³-hybridized carbons (Fsp3) is 0.417. The summed E-state index contributed by atoms with van der Waals surface area (Å²) in [5.41, 5.74) is 0.933. The number of carbonyl (C=O) groups is 1. The van der Waals surface area contributed by atoms with Crippen LogP contribution in [0, 0.1) is 12.7 Å². The van der Waals surface area contributed by atoms with Gasteiger partial charge in [0.2, 0.25) is 0 Å². The minimum absolute atomic E-state index is 0.208. The molecule has 0 atom stereocenters. The quantitative estimate of drug-likeness (QED) is 0.905. The van der Waals surface area contributed by atoms with Crippen LogP contribution < -0.4 is 5.32 Å². The van der Waals surface area contributed by atoms with Crippen molar-refractivity contribution in [1.82, 2.24) is 4.90 Å². The Morgan fingerprint density at radius 2 is 2.00 bits per heavy atom. The van der Waals surface area contributed by atoms with Gasteiger partial charge in [-0.2, -0.15) is 0 Å². The van der Waals surface area contributed by atoms with Crippen LogP contribution in [0.4, 0.5) is 14.9 Å². The average molecular weight is 303 g/mol. The molecule has 3 nitrogen and oxygen atoms in total. The Bertz CT molecular complexity index is 419. The summed E-state index contributed by atoms with van der Waals surface area (Å²) in [6.07, 6.45) is 0. The molecule has 0 fully saturated rings. The van der Waals surface area contributed by atoms with E-state index in [-0.39, 0.29) is 11.8 Å². The Morgan fingerprint density at radius 3 is 2.53 bits per heavy atom. The third-order valence-electron chi connectivity index (χ3n) is 2.63. The second-order valence-electron chi connectivity index (χ2n) is 3.64. The van der Waals surface area contributed by atoms with Crippen LogP contribution in [0.25, 0.3) is 0 Å². The molecule has 0 saturated heterocycles. The van der Waals surface area contributed by atoms with Crippen LogP contribution in [-0.4, -0.2) is 24.0 Å². The van der Waals surface area contributed by atoms with Crippen LogP contribution in [0.3, 0.4) is 0 Å². The Kier molecular flexibility index (Phi) is 4.93. The van der Waals surface area contributed by atoms with Gasteiger partial charge in [-0.1, -0.05) is 0 Å². The monoisotopic (exact) mass is 302 g/mol. The number of benzene rings is 1. The number of halogens is 2. The van der Waals surface area contributed by atoms with E-state index in [0.717, 1.165) is 0 Å². The summed E-state index contributed by atoms with van der Waals surface area (Å²) < 4.78 is 14.0. The maximum absolute atomic E-state index is 13.6. The summed E-state index contributed by atoms with van der Waals surface area (Å²) in [6, 6.07) is 3.06. The molecule has 0 aliphatic heterocycles. The first-order valence-corrected chi connectivity index (χ1v) is 6.31. The minimum Gasteiger partial charge on any atom is -0.325 e. The van der Waals surface area contributed by atoms with Crippen LogP contribution >= 0.6 is 15.9 Å². The largest absolute Gasteiger partial charge is 0.325 e. The lowest BCUT2D eigenvalue weighted by Gasteiger charge is -2.20. The first kappa shape index (κ1) is 14.0. The summed E-state index contributed by atoms with van der Waals surface area (Å²) >= 11 is 3.10. The van der Waals surface area contributed by atoms with Gasteiger partial charge in [0.25, 0.3) is 0 Å². The average Bonchev–Trinajstić information content (AvgIpc) is 2.31. The molecule has 0 aromatic heterocycles. The molecule has 0 bridgehead atoms. The highest BCUT2D eigenvalue weighted by molar-refractivity contribution is 9.10. The van der Waals surface area contributed by atoms with Crippen molar-refractivity contribution >= 4 is 27.6 Å². The van der Waals surface area contributed by atoms with Gasteiger partial charge in [0.15, 0.2) is 0 Å². The standard InChI is InChI=1S/C12H16BrFN2O/c1-4-16(5-2)12(17)15-10-7-6-9(13)11(14)8(10)3/h6-7H,4-5H2,1-3H3,(H,15,17). The zero-order valence-electron chi connectivity index (χ0n) is 10.2. The van der Waals surface area contributed by atoms with E-state index < -0.39 is 0 Å². The number of urea groups is 1. The number of anilines is 1. The van der Waals surface area contributed by atoms with Gasteiger partial charge in [-0.3, -0.25) is 0 Å². The molecule has 0 aliphatic rings. The molecule has 1 aromatic rings. The van der Waals surface area contributed by atoms with Crippen molar-refractivity contribution in [3.63, 3.8) is 0 Å². The van der Waals surface area contributed by atoms with Gasteiger partial charge in [0, 0.05) is 24.3 Å². The fourth-order valence-electron chi connectivity index (χ4n) is 1.49. The molecule has 94 valence electrons. The Balaban J connectivity index is 2.89. The molecule has 1 aromatic carbocycles. The van der Waals surface area contributed by atoms with E-state index in [1.54, 1.807) is 24.0 Å². The van der Waals surface area contributed by atoms with Gasteiger partial charge >= 0.3 is 6.03 Å². The second-order valence-corrected chi connectivity index (χ2v) is 4.49. The topological polar surface area (TPSA) is 32.3 Å². The third kappa shape index (κ3) is 3.19. The van der Waals surface area contributed by atoms with E-state index in [1.165, 1.54) is 0 Å². The molecule has 17 heavy (non-hydrogen) atoms. The van der Waals surface area contributed by atoms with Gasteiger partial charge in [0.05, 0.1) is 4.47 Å². The zero-order chi connectivity index (χ0) is 13.0. The molecule has 0 radical (unpaired) electrons. The summed E-state index contributed by atoms with van der Waals surface area (Å²) in [4.78, 5) is 13.4. The molecule has 0 spiro atoms. The molecular weight excluding hydrogens is 287 g/mol. The molecule has 1 N–H and O–H groups in total. The Morgan fingerprint density at radius 1 is 1.41 bits per heavy atom. The summed E-state index contributed by atoms with van der Waals surface area (Å²) in [5, 5.41) is 2.71. The number of amides is 2. The first-order chi connectivity index (χ1) is 8.01. The molecular formula is C12H16BrFN2O. The van der Waals surface area contributed by atoms with E-state index in [1.807, 2.05) is 13.8 Å².